The number of para-hydroxylation sites is 1. The van der Waals surface area contributed by atoms with Crippen LogP contribution in [0.1, 0.15) is 15.9 Å². The van der Waals surface area contributed by atoms with Gasteiger partial charge >= 0.3 is 0 Å². The molecule has 0 aliphatic carbocycles. The molecule has 9 heteroatoms. The summed E-state index contributed by atoms with van der Waals surface area (Å²) in [6.07, 6.45) is 0. The van der Waals surface area contributed by atoms with Crippen LogP contribution >= 0.6 is 0 Å². The van der Waals surface area contributed by atoms with Gasteiger partial charge in [0.05, 0.1) is 11.3 Å². The van der Waals surface area contributed by atoms with E-state index in [2.05, 4.69) is 15.7 Å². The van der Waals surface area contributed by atoms with Crippen molar-refractivity contribution in [2.75, 3.05) is 10.6 Å². The van der Waals surface area contributed by atoms with E-state index >= 15 is 0 Å². The SMILES string of the molecule is Cn1[nH]c(=O)c(Nc2cccc(C(N)=O)c2O)c(NCc2ccccc2)c1=O. The minimum atomic E-state index is -0.818. The van der Waals surface area contributed by atoms with Crippen LogP contribution in [0.5, 0.6) is 5.75 Å². The highest BCUT2D eigenvalue weighted by Gasteiger charge is 2.17. The first-order valence-corrected chi connectivity index (χ1v) is 8.38. The van der Waals surface area contributed by atoms with Crippen molar-refractivity contribution in [3.05, 3.63) is 80.4 Å². The van der Waals surface area contributed by atoms with Gasteiger partial charge in [0.2, 0.25) is 0 Å². The van der Waals surface area contributed by atoms with E-state index in [4.69, 9.17) is 5.73 Å². The summed E-state index contributed by atoms with van der Waals surface area (Å²) in [6, 6.07) is 13.6. The fourth-order valence-corrected chi connectivity index (χ4v) is 2.69. The van der Waals surface area contributed by atoms with E-state index in [1.807, 2.05) is 30.3 Å². The van der Waals surface area contributed by atoms with E-state index in [-0.39, 0.29) is 22.6 Å². The Hall–Kier alpha value is -4.01. The van der Waals surface area contributed by atoms with Gasteiger partial charge in [-0.2, -0.15) is 0 Å². The van der Waals surface area contributed by atoms with Crippen LogP contribution in [0.3, 0.4) is 0 Å². The van der Waals surface area contributed by atoms with E-state index in [1.54, 1.807) is 0 Å². The summed E-state index contributed by atoms with van der Waals surface area (Å²) in [5.41, 5.74) is 4.99. The number of nitrogens with zero attached hydrogens (tertiary/aromatic N) is 1. The Morgan fingerprint density at radius 1 is 1.11 bits per heavy atom. The number of aromatic amines is 1. The van der Waals surface area contributed by atoms with Gasteiger partial charge in [-0.3, -0.25) is 24.2 Å². The summed E-state index contributed by atoms with van der Waals surface area (Å²) in [5.74, 6) is -1.23. The number of phenols is 1. The number of carbonyl (C=O) groups excluding carboxylic acids is 1. The van der Waals surface area contributed by atoms with Gasteiger partial charge in [-0.1, -0.05) is 36.4 Å². The zero-order valence-corrected chi connectivity index (χ0v) is 15.0. The molecule has 144 valence electrons. The van der Waals surface area contributed by atoms with Crippen molar-refractivity contribution >= 4 is 23.0 Å². The lowest BCUT2D eigenvalue weighted by Crippen LogP contribution is -2.31. The molecule has 9 nitrogen and oxygen atoms in total. The standard InChI is InChI=1S/C19H19N5O4/c1-24-19(28)15(21-10-11-6-3-2-4-7-11)14(18(27)23-24)22-13-9-5-8-12(16(13)25)17(20)26/h2-9,21-22,25H,10H2,1H3,(H2,20,26)(H,23,27). The highest BCUT2D eigenvalue weighted by atomic mass is 16.3. The molecule has 0 saturated heterocycles. The van der Waals surface area contributed by atoms with Crippen LogP contribution in [0.2, 0.25) is 0 Å². The normalized spacial score (nSPS) is 10.5. The summed E-state index contributed by atoms with van der Waals surface area (Å²) in [7, 11) is 1.42. The molecule has 1 aromatic heterocycles. The number of benzene rings is 2. The third-order valence-electron chi connectivity index (χ3n) is 4.14. The molecule has 1 amide bonds. The second kappa shape index (κ2) is 7.70. The summed E-state index contributed by atoms with van der Waals surface area (Å²) in [6.45, 7) is 0.307. The summed E-state index contributed by atoms with van der Waals surface area (Å²) in [5, 5.41) is 18.3. The number of nitrogens with two attached hydrogens (primary N) is 1. The van der Waals surface area contributed by atoms with Crippen LogP contribution in [0, 0.1) is 0 Å². The molecule has 2 aromatic carbocycles. The number of anilines is 3. The van der Waals surface area contributed by atoms with Crippen LogP contribution in [-0.4, -0.2) is 20.8 Å². The Labute approximate surface area is 159 Å². The Balaban J connectivity index is 2.03. The third kappa shape index (κ3) is 3.73. The predicted octanol–water partition coefficient (Wildman–Crippen LogP) is 1.23. The fraction of sp³-hybridized carbons (Fsp3) is 0.105. The van der Waals surface area contributed by atoms with Gasteiger partial charge in [0.25, 0.3) is 17.0 Å². The molecular formula is C19H19N5O4. The molecular weight excluding hydrogens is 362 g/mol. The van der Waals surface area contributed by atoms with E-state index in [9.17, 15) is 19.5 Å². The quantitative estimate of drug-likeness (QED) is 0.407. The Bertz CT molecular complexity index is 1140. The molecule has 0 radical (unpaired) electrons. The molecule has 0 aliphatic heterocycles. The summed E-state index contributed by atoms with van der Waals surface area (Å²) >= 11 is 0. The topological polar surface area (TPSA) is 142 Å². The molecule has 28 heavy (non-hydrogen) atoms. The highest BCUT2D eigenvalue weighted by Crippen LogP contribution is 2.30. The van der Waals surface area contributed by atoms with Gasteiger partial charge in [-0.15, -0.1) is 0 Å². The lowest BCUT2D eigenvalue weighted by atomic mass is 10.1. The first-order valence-electron chi connectivity index (χ1n) is 8.38. The van der Waals surface area contributed by atoms with Crippen molar-refractivity contribution in [3.8, 4) is 5.75 Å². The number of carbonyl (C=O) groups is 1. The van der Waals surface area contributed by atoms with Gasteiger partial charge in [0.1, 0.15) is 11.4 Å². The molecule has 3 rings (SSSR count). The second-order valence-corrected chi connectivity index (χ2v) is 6.09. The monoisotopic (exact) mass is 381 g/mol. The number of nitrogens with one attached hydrogen (secondary N) is 3. The van der Waals surface area contributed by atoms with E-state index < -0.39 is 22.8 Å². The second-order valence-electron chi connectivity index (χ2n) is 6.09. The number of hydrogen-bond donors (Lipinski definition) is 5. The molecule has 1 heterocycles. The summed E-state index contributed by atoms with van der Waals surface area (Å²) in [4.78, 5) is 36.5. The third-order valence-corrected chi connectivity index (χ3v) is 4.14. The van der Waals surface area contributed by atoms with Crippen LogP contribution in [0.4, 0.5) is 17.1 Å². The van der Waals surface area contributed by atoms with Crippen molar-refractivity contribution < 1.29 is 9.90 Å². The largest absolute Gasteiger partial charge is 0.505 e. The van der Waals surface area contributed by atoms with Crippen LogP contribution in [-0.2, 0) is 13.6 Å². The lowest BCUT2D eigenvalue weighted by Gasteiger charge is -2.15. The molecule has 0 bridgehead atoms. The van der Waals surface area contributed by atoms with Crippen LogP contribution < -0.4 is 27.5 Å². The molecule has 0 atom stereocenters. The first kappa shape index (κ1) is 18.8. The minimum Gasteiger partial charge on any atom is -0.505 e. The van der Waals surface area contributed by atoms with Crippen molar-refractivity contribution in [1.29, 1.82) is 0 Å². The minimum absolute atomic E-state index is 0.0268. The van der Waals surface area contributed by atoms with Gasteiger partial charge < -0.3 is 21.5 Å². The van der Waals surface area contributed by atoms with Gasteiger partial charge in [0, 0.05) is 13.6 Å². The molecule has 0 spiro atoms. The molecule has 0 aliphatic rings. The fourth-order valence-electron chi connectivity index (χ4n) is 2.69. The number of rotatable bonds is 6. The van der Waals surface area contributed by atoms with Gasteiger partial charge in [-0.25, -0.2) is 0 Å². The zero-order valence-electron chi connectivity index (χ0n) is 15.0. The molecule has 0 saturated carbocycles. The number of hydrogen-bond acceptors (Lipinski definition) is 6. The molecule has 3 aromatic rings. The van der Waals surface area contributed by atoms with E-state index in [0.717, 1.165) is 10.2 Å². The van der Waals surface area contributed by atoms with Crippen LogP contribution in [0.25, 0.3) is 0 Å². The maximum absolute atomic E-state index is 12.6. The van der Waals surface area contributed by atoms with E-state index in [0.29, 0.717) is 6.54 Å². The number of aryl methyl sites for hydroxylation is 1. The lowest BCUT2D eigenvalue weighted by molar-refractivity contribution is 0.0998. The first-order chi connectivity index (χ1) is 13.4. The molecule has 0 unspecified atom stereocenters. The molecule has 0 fully saturated rings. The zero-order chi connectivity index (χ0) is 20.3. The predicted molar refractivity (Wildman–Crippen MR) is 106 cm³/mol. The smallest absolute Gasteiger partial charge is 0.290 e. The van der Waals surface area contributed by atoms with Gasteiger partial charge in [-0.05, 0) is 17.7 Å². The van der Waals surface area contributed by atoms with Gasteiger partial charge in [0.15, 0.2) is 5.75 Å². The van der Waals surface area contributed by atoms with Crippen molar-refractivity contribution in [3.63, 3.8) is 0 Å². The maximum Gasteiger partial charge on any atom is 0.290 e. The highest BCUT2D eigenvalue weighted by molar-refractivity contribution is 5.98. The number of primary amides is 1. The maximum atomic E-state index is 12.6. The average molecular weight is 381 g/mol. The number of amides is 1. The number of H-pyrrole nitrogens is 1. The Morgan fingerprint density at radius 3 is 2.50 bits per heavy atom. The number of aromatic hydroxyl groups is 1. The average Bonchev–Trinajstić information content (AvgIpc) is 2.67. The Kier molecular flexibility index (Phi) is 5.16. The van der Waals surface area contributed by atoms with Crippen molar-refractivity contribution in [2.24, 2.45) is 12.8 Å². The van der Waals surface area contributed by atoms with Crippen LogP contribution in [0.15, 0.2) is 58.1 Å². The summed E-state index contributed by atoms with van der Waals surface area (Å²) < 4.78 is 1.06. The Morgan fingerprint density at radius 2 is 1.82 bits per heavy atom. The number of aromatic nitrogens is 2. The van der Waals surface area contributed by atoms with Crippen molar-refractivity contribution in [1.82, 2.24) is 9.78 Å². The molecule has 6 N–H and O–H groups in total. The van der Waals surface area contributed by atoms with E-state index in [1.165, 1.54) is 25.2 Å². The van der Waals surface area contributed by atoms with Crippen molar-refractivity contribution in [2.45, 2.75) is 6.54 Å².